The number of nitrogens with one attached hydrogen (secondary N) is 12. The third-order valence-corrected chi connectivity index (χ3v) is 16.5. The van der Waals surface area contributed by atoms with Crippen molar-refractivity contribution in [3.8, 4) is 5.75 Å². The summed E-state index contributed by atoms with van der Waals surface area (Å²) in [7, 11) is 5.02. The molecule has 578 valence electrons. The van der Waals surface area contributed by atoms with Gasteiger partial charge in [0.25, 0.3) is 23.6 Å². The molecular weight excluding hydrogens is 1450 g/mol. The molecule has 4 heterocycles. The zero-order valence-electron chi connectivity index (χ0n) is 64.9. The number of hydrogen-bond donors (Lipinski definition) is 12. The smallest absolute Gasteiger partial charge is 0.258 e. The molecule has 4 aromatic heterocycles. The van der Waals surface area contributed by atoms with E-state index in [1.807, 2.05) is 230 Å². The van der Waals surface area contributed by atoms with Crippen molar-refractivity contribution in [2.24, 2.45) is 0 Å². The first-order valence-corrected chi connectivity index (χ1v) is 36.4. The molecule has 12 N–H and O–H groups in total. The molecule has 0 saturated carbocycles. The van der Waals surface area contributed by atoms with Crippen LogP contribution in [0.15, 0.2) is 267 Å². The molecule has 0 spiro atoms. The van der Waals surface area contributed by atoms with Crippen molar-refractivity contribution in [2.45, 2.75) is 48.5 Å². The minimum absolute atomic E-state index is 0.0917. The highest BCUT2D eigenvalue weighted by Gasteiger charge is 2.17. The van der Waals surface area contributed by atoms with Gasteiger partial charge in [-0.05, 0) is 210 Å². The Balaban J connectivity index is 0.000000151. The van der Waals surface area contributed by atoms with Crippen LogP contribution < -0.4 is 68.5 Å². The zero-order chi connectivity index (χ0) is 81.0. The SMILES string of the molecule is CNc1cc(NC(=O)c2cccc(C)c2)nc(NC(=O)c2cccc(C)c2)n1.CNc1cc(NC(=O)c2ccccc2)nc(NC(=O)c2ccccc2)n1.COc1ccc(Nc2nc(Nc3cccc(C)c3)nc(Nc3cccc(C)c3)n2)cc1.Cc1cccc(Nc2nc(Nc3cccc(C)c3)nc(Nc3cccc(C)c3)n2)c1. The summed E-state index contributed by atoms with van der Waals surface area (Å²) in [6.07, 6.45) is 0. The predicted molar refractivity (Wildman–Crippen MR) is 458 cm³/mol. The van der Waals surface area contributed by atoms with E-state index < -0.39 is 0 Å². The molecule has 14 aromatic rings. The molecule has 10 aromatic carbocycles. The first-order chi connectivity index (χ1) is 55.7. The second-order valence-electron chi connectivity index (χ2n) is 26.1. The lowest BCUT2D eigenvalue weighted by Crippen LogP contribution is -2.17. The lowest BCUT2D eigenvalue weighted by Gasteiger charge is -2.12. The van der Waals surface area contributed by atoms with E-state index in [4.69, 9.17) is 4.74 Å². The minimum atomic E-state index is -0.334. The van der Waals surface area contributed by atoms with Crippen molar-refractivity contribution in [2.75, 3.05) is 85.0 Å². The van der Waals surface area contributed by atoms with Gasteiger partial charge in [0.15, 0.2) is 0 Å². The van der Waals surface area contributed by atoms with Crippen LogP contribution in [-0.4, -0.2) is 94.7 Å². The highest BCUT2D eigenvalue weighted by molar-refractivity contribution is 6.06. The molecule has 0 bridgehead atoms. The molecule has 14 rings (SSSR count). The maximum atomic E-state index is 12.5. The van der Waals surface area contributed by atoms with E-state index in [1.54, 1.807) is 106 Å². The maximum Gasteiger partial charge on any atom is 0.258 e. The number of hydrogen-bond acceptors (Lipinski definition) is 23. The van der Waals surface area contributed by atoms with Gasteiger partial charge in [-0.3, -0.25) is 29.8 Å². The Bertz CT molecular complexity index is 5310. The molecule has 4 amide bonds. The van der Waals surface area contributed by atoms with Crippen molar-refractivity contribution in [1.29, 1.82) is 0 Å². The number of nitrogens with zero attached hydrogens (tertiary/aromatic N) is 10. The molecule has 0 unspecified atom stereocenters. The van der Waals surface area contributed by atoms with Gasteiger partial charge in [-0.1, -0.05) is 132 Å². The lowest BCUT2D eigenvalue weighted by molar-refractivity contribution is 0.101. The van der Waals surface area contributed by atoms with E-state index >= 15 is 0 Å². The monoisotopic (exact) mass is 1530 g/mol. The number of aromatic nitrogens is 10. The van der Waals surface area contributed by atoms with E-state index in [1.165, 1.54) is 0 Å². The van der Waals surface area contributed by atoms with Crippen molar-refractivity contribution in [1.82, 2.24) is 49.8 Å². The summed E-state index contributed by atoms with van der Waals surface area (Å²) in [5.74, 6) is 3.88. The molecule has 0 fully saturated rings. The largest absolute Gasteiger partial charge is 0.497 e. The molecule has 115 heavy (non-hydrogen) atoms. The molecule has 27 nitrogen and oxygen atoms in total. The summed E-state index contributed by atoms with van der Waals surface area (Å²) in [5.41, 5.74) is 15.2. The van der Waals surface area contributed by atoms with E-state index in [2.05, 4.69) is 114 Å². The number of carbonyl (C=O) groups excluding carboxylic acids is 4. The summed E-state index contributed by atoms with van der Waals surface area (Å²) in [5, 5.41) is 36.1. The van der Waals surface area contributed by atoms with Crippen molar-refractivity contribution < 1.29 is 23.9 Å². The summed E-state index contributed by atoms with van der Waals surface area (Å²) in [6.45, 7) is 14.1. The van der Waals surface area contributed by atoms with Crippen molar-refractivity contribution >= 4 is 129 Å². The van der Waals surface area contributed by atoms with Gasteiger partial charge in [0.05, 0.1) is 7.11 Å². The highest BCUT2D eigenvalue weighted by Crippen LogP contribution is 2.27. The topological polar surface area (TPSA) is 351 Å². The number of anilines is 18. The van der Waals surface area contributed by atoms with E-state index in [0.29, 0.717) is 69.6 Å². The second kappa shape index (κ2) is 39.7. The fourth-order valence-corrected chi connectivity index (χ4v) is 11.0. The first kappa shape index (κ1) is 80.5. The highest BCUT2D eigenvalue weighted by atomic mass is 16.5. The molecule has 0 atom stereocenters. The van der Waals surface area contributed by atoms with Crippen LogP contribution in [-0.2, 0) is 0 Å². The van der Waals surface area contributed by atoms with E-state index in [9.17, 15) is 19.2 Å². The third kappa shape index (κ3) is 25.3. The molecule has 0 aliphatic heterocycles. The molecular formula is C88H86N22O5. The second-order valence-corrected chi connectivity index (χ2v) is 26.1. The predicted octanol–water partition coefficient (Wildman–Crippen LogP) is 18.4. The number of carbonyl (C=O) groups is 4. The normalized spacial score (nSPS) is 10.3. The van der Waals surface area contributed by atoms with Gasteiger partial charge in [-0.25, -0.2) is 0 Å². The quantitative estimate of drug-likeness (QED) is 0.0283. The maximum absolute atomic E-state index is 12.5. The summed E-state index contributed by atoms with van der Waals surface area (Å²) < 4.78 is 5.22. The molecule has 0 radical (unpaired) electrons. The Morgan fingerprint density at radius 3 is 0.774 bits per heavy atom. The van der Waals surface area contributed by atoms with Gasteiger partial charge in [0.1, 0.15) is 29.0 Å². The number of amides is 4. The lowest BCUT2D eigenvalue weighted by atomic mass is 10.1. The van der Waals surface area contributed by atoms with Crippen LogP contribution in [0.2, 0.25) is 0 Å². The van der Waals surface area contributed by atoms with Crippen LogP contribution in [0.3, 0.4) is 0 Å². The van der Waals surface area contributed by atoms with Crippen LogP contribution in [0.4, 0.5) is 105 Å². The zero-order valence-corrected chi connectivity index (χ0v) is 64.9. The van der Waals surface area contributed by atoms with Crippen LogP contribution in [0.25, 0.3) is 0 Å². The molecule has 0 aliphatic rings. The average molecular weight is 1530 g/mol. The van der Waals surface area contributed by atoms with Crippen molar-refractivity contribution in [3.05, 3.63) is 328 Å². The van der Waals surface area contributed by atoms with Crippen LogP contribution >= 0.6 is 0 Å². The summed E-state index contributed by atoms with van der Waals surface area (Å²) in [4.78, 5) is 93.7. The molecule has 27 heteroatoms. The van der Waals surface area contributed by atoms with Gasteiger partial charge in [0.2, 0.25) is 47.6 Å². The average Bonchev–Trinajstić information content (AvgIpc) is 0.840. The summed E-state index contributed by atoms with van der Waals surface area (Å²) in [6, 6.07) is 83.0. The molecule has 0 aliphatic carbocycles. The van der Waals surface area contributed by atoms with Gasteiger partial charge in [-0.15, -0.1) is 0 Å². The number of aryl methyl sites for hydroxylation is 7. The van der Waals surface area contributed by atoms with Gasteiger partial charge >= 0.3 is 0 Å². The minimum Gasteiger partial charge on any atom is -0.497 e. The van der Waals surface area contributed by atoms with Crippen molar-refractivity contribution in [3.63, 3.8) is 0 Å². The fraction of sp³-hybridized carbons (Fsp3) is 0.114. The Morgan fingerprint density at radius 1 is 0.235 bits per heavy atom. The Kier molecular flexibility index (Phi) is 27.8. The van der Waals surface area contributed by atoms with Gasteiger partial charge in [0, 0.05) is 82.6 Å². The number of rotatable bonds is 23. The van der Waals surface area contributed by atoms with Crippen LogP contribution in [0, 0.1) is 48.5 Å². The third-order valence-electron chi connectivity index (χ3n) is 16.5. The van der Waals surface area contributed by atoms with Crippen LogP contribution in [0.1, 0.15) is 80.4 Å². The molecule has 0 saturated heterocycles. The van der Waals surface area contributed by atoms with E-state index in [-0.39, 0.29) is 47.2 Å². The number of benzene rings is 10. The number of ether oxygens (including phenoxy) is 1. The Morgan fingerprint density at radius 2 is 0.487 bits per heavy atom. The Labute approximate surface area is 666 Å². The number of methoxy groups -OCH3 is 1. The first-order valence-electron chi connectivity index (χ1n) is 36.4. The van der Waals surface area contributed by atoms with Gasteiger partial charge < -0.3 is 57.9 Å². The Hall–Kier alpha value is -15.5. The fourth-order valence-electron chi connectivity index (χ4n) is 11.0. The summed E-state index contributed by atoms with van der Waals surface area (Å²) >= 11 is 0. The van der Waals surface area contributed by atoms with E-state index in [0.717, 1.165) is 78.8 Å². The standard InChI is InChI=1S/C24H24N6O.C24H24N6.C21H21N5O2.C19H17N5O2/c1-16-6-4-8-19(14-16)26-23-28-22(25-18-10-12-21(31-3)13-11-18)29-24(30-23)27-20-9-5-7-17(2)15-20;1-16-7-4-10-19(13-16)25-22-28-23(26-20-11-5-8-17(2)14-20)30-24(29-22)27-21-12-6-9-18(3)15-21;1-13-6-4-8-15(10-13)19(27)23-18-12-17(22-3)24-21(25-18)26-20(28)16-9-5-7-14(2)11-16;1-20-15-12-16(21-17(25)13-8-4-2-5-9-13)23-19(22-15)24-18(26)14-10-6-3-7-11-14/h4-15H,1-3H3,(H3,25,26,27,28,29,30);4-15H,1-3H3,(H3,25,26,27,28,29,30);4-12H,1-3H3,(H3,22,23,24,25,26,27,28);2-12H,1H3,(H3,20,21,22,23,24,25,26). The van der Waals surface area contributed by atoms with Crippen LogP contribution in [0.5, 0.6) is 5.75 Å². The van der Waals surface area contributed by atoms with Gasteiger partial charge in [-0.2, -0.15) is 49.8 Å².